The first-order valence-electron chi connectivity index (χ1n) is 6.54. The number of hydrogen-bond donors (Lipinski definition) is 1. The largest absolute Gasteiger partial charge is 0.465 e. The molecule has 0 atom stereocenters. The molecule has 0 aromatic carbocycles. The number of rotatable bonds is 5. The molecule has 1 aromatic rings. The fourth-order valence-corrected chi connectivity index (χ4v) is 2.42. The van der Waals surface area contributed by atoms with Crippen molar-refractivity contribution in [1.82, 2.24) is 5.32 Å². The van der Waals surface area contributed by atoms with Gasteiger partial charge in [0.1, 0.15) is 11.5 Å². The van der Waals surface area contributed by atoms with Crippen LogP contribution in [0.2, 0.25) is 0 Å². The molecule has 0 bridgehead atoms. The van der Waals surface area contributed by atoms with Crippen LogP contribution in [-0.2, 0) is 13.0 Å². The summed E-state index contributed by atoms with van der Waals surface area (Å²) in [6, 6.07) is 4.13. The van der Waals surface area contributed by atoms with E-state index in [1.54, 1.807) is 0 Å². The van der Waals surface area contributed by atoms with E-state index in [0.29, 0.717) is 5.41 Å². The van der Waals surface area contributed by atoms with Gasteiger partial charge in [-0.25, -0.2) is 0 Å². The summed E-state index contributed by atoms with van der Waals surface area (Å²) in [4.78, 5) is 0. The number of aryl methyl sites for hydroxylation is 1. The molecular weight excluding hydrogens is 210 g/mol. The highest BCUT2D eigenvalue weighted by Crippen LogP contribution is 2.27. The number of hydrogen-bond acceptors (Lipinski definition) is 2. The Bertz CT molecular complexity index is 344. The monoisotopic (exact) mass is 237 g/mol. The zero-order chi connectivity index (χ0) is 13.1. The van der Waals surface area contributed by atoms with Gasteiger partial charge < -0.3 is 9.73 Å². The van der Waals surface area contributed by atoms with Crippen LogP contribution < -0.4 is 5.32 Å². The van der Waals surface area contributed by atoms with Crippen molar-refractivity contribution in [2.45, 2.75) is 66.5 Å². The fraction of sp³-hybridized carbons (Fsp3) is 0.733. The molecule has 1 aromatic heterocycles. The number of nitrogens with one attached hydrogen (secondary N) is 1. The van der Waals surface area contributed by atoms with Crippen molar-refractivity contribution in [1.29, 1.82) is 0 Å². The maximum Gasteiger partial charge on any atom is 0.117 e. The highest BCUT2D eigenvalue weighted by molar-refractivity contribution is 5.07. The second kappa shape index (κ2) is 5.26. The molecular formula is C15H27NO. The van der Waals surface area contributed by atoms with E-state index in [1.165, 1.54) is 0 Å². The molecule has 98 valence electrons. The van der Waals surface area contributed by atoms with Gasteiger partial charge in [-0.2, -0.15) is 0 Å². The predicted octanol–water partition coefficient (Wildman–Crippen LogP) is 4.15. The van der Waals surface area contributed by atoms with E-state index >= 15 is 0 Å². The Morgan fingerprint density at radius 3 is 2.12 bits per heavy atom. The molecule has 0 aliphatic rings. The fourth-order valence-electron chi connectivity index (χ4n) is 2.42. The van der Waals surface area contributed by atoms with Crippen molar-refractivity contribution in [3.8, 4) is 0 Å². The van der Waals surface area contributed by atoms with Gasteiger partial charge in [0.05, 0.1) is 6.54 Å². The lowest BCUT2D eigenvalue weighted by Crippen LogP contribution is -2.41. The first kappa shape index (κ1) is 14.3. The second-order valence-corrected chi connectivity index (χ2v) is 6.70. The highest BCUT2D eigenvalue weighted by atomic mass is 16.3. The zero-order valence-electron chi connectivity index (χ0n) is 12.2. The summed E-state index contributed by atoms with van der Waals surface area (Å²) < 4.78 is 5.70. The third-order valence-electron chi connectivity index (χ3n) is 2.78. The summed E-state index contributed by atoms with van der Waals surface area (Å²) in [5.74, 6) is 2.10. The maximum absolute atomic E-state index is 5.70. The average molecular weight is 237 g/mol. The Balaban J connectivity index is 2.49. The van der Waals surface area contributed by atoms with Crippen LogP contribution in [0.1, 0.15) is 59.5 Å². The van der Waals surface area contributed by atoms with Gasteiger partial charge in [0, 0.05) is 12.0 Å². The molecule has 1 N–H and O–H groups in total. The van der Waals surface area contributed by atoms with Gasteiger partial charge >= 0.3 is 0 Å². The smallest absolute Gasteiger partial charge is 0.117 e. The summed E-state index contributed by atoms with van der Waals surface area (Å²) in [6.45, 7) is 14.3. The van der Waals surface area contributed by atoms with E-state index in [4.69, 9.17) is 4.42 Å². The molecule has 2 heteroatoms. The Morgan fingerprint density at radius 2 is 1.65 bits per heavy atom. The minimum Gasteiger partial charge on any atom is -0.465 e. The van der Waals surface area contributed by atoms with Gasteiger partial charge in [-0.05, 0) is 37.8 Å². The quantitative estimate of drug-likeness (QED) is 0.832. The molecule has 0 saturated heterocycles. The minimum atomic E-state index is 0.136. The van der Waals surface area contributed by atoms with Crippen LogP contribution in [0.25, 0.3) is 0 Å². The van der Waals surface area contributed by atoms with E-state index in [0.717, 1.165) is 30.9 Å². The van der Waals surface area contributed by atoms with Gasteiger partial charge in [-0.3, -0.25) is 0 Å². The highest BCUT2D eigenvalue weighted by Gasteiger charge is 2.24. The summed E-state index contributed by atoms with van der Waals surface area (Å²) in [5, 5.41) is 3.58. The minimum absolute atomic E-state index is 0.136. The van der Waals surface area contributed by atoms with Gasteiger partial charge in [0.15, 0.2) is 0 Å². The predicted molar refractivity (Wildman–Crippen MR) is 73.1 cm³/mol. The van der Waals surface area contributed by atoms with E-state index in [-0.39, 0.29) is 5.54 Å². The molecule has 0 spiro atoms. The van der Waals surface area contributed by atoms with Crippen LogP contribution in [0.5, 0.6) is 0 Å². The Hall–Kier alpha value is -0.760. The Morgan fingerprint density at radius 1 is 1.06 bits per heavy atom. The van der Waals surface area contributed by atoms with Gasteiger partial charge in [0.25, 0.3) is 0 Å². The standard InChI is InChI=1S/C15H27NO/c1-7-12-8-9-13(17-12)10-16-15(5,6)11-14(2,3)4/h8-9,16H,7,10-11H2,1-6H3. The van der Waals surface area contributed by atoms with Gasteiger partial charge in [-0.1, -0.05) is 27.7 Å². The molecule has 0 aliphatic carbocycles. The van der Waals surface area contributed by atoms with E-state index in [1.807, 2.05) is 0 Å². The van der Waals surface area contributed by atoms with Crippen LogP contribution in [-0.4, -0.2) is 5.54 Å². The summed E-state index contributed by atoms with van der Waals surface area (Å²) >= 11 is 0. The van der Waals surface area contributed by atoms with Crippen molar-refractivity contribution in [2.24, 2.45) is 5.41 Å². The normalized spacial score (nSPS) is 13.1. The Kier molecular flexibility index (Phi) is 4.42. The van der Waals surface area contributed by atoms with E-state index in [9.17, 15) is 0 Å². The molecule has 0 fully saturated rings. The van der Waals surface area contributed by atoms with Crippen molar-refractivity contribution in [2.75, 3.05) is 0 Å². The zero-order valence-corrected chi connectivity index (χ0v) is 12.2. The third-order valence-corrected chi connectivity index (χ3v) is 2.78. The summed E-state index contributed by atoms with van der Waals surface area (Å²) in [6.07, 6.45) is 2.10. The third kappa shape index (κ3) is 5.40. The molecule has 0 saturated carbocycles. The van der Waals surface area contributed by atoms with Crippen LogP contribution in [0.3, 0.4) is 0 Å². The lowest BCUT2D eigenvalue weighted by Gasteiger charge is -2.33. The molecule has 17 heavy (non-hydrogen) atoms. The first-order chi connectivity index (χ1) is 7.72. The topological polar surface area (TPSA) is 25.2 Å². The van der Waals surface area contributed by atoms with E-state index < -0.39 is 0 Å². The molecule has 1 heterocycles. The lowest BCUT2D eigenvalue weighted by atomic mass is 9.82. The van der Waals surface area contributed by atoms with Gasteiger partial charge in [0.2, 0.25) is 0 Å². The van der Waals surface area contributed by atoms with Crippen molar-refractivity contribution in [3.63, 3.8) is 0 Å². The van der Waals surface area contributed by atoms with Crippen LogP contribution in [0.4, 0.5) is 0 Å². The molecule has 0 amide bonds. The van der Waals surface area contributed by atoms with Crippen LogP contribution >= 0.6 is 0 Å². The maximum atomic E-state index is 5.70. The van der Waals surface area contributed by atoms with Crippen LogP contribution in [0.15, 0.2) is 16.5 Å². The van der Waals surface area contributed by atoms with Crippen molar-refractivity contribution in [3.05, 3.63) is 23.7 Å². The molecule has 2 nitrogen and oxygen atoms in total. The molecule has 1 rings (SSSR count). The molecule has 0 aliphatic heterocycles. The molecule has 0 unspecified atom stereocenters. The summed E-state index contributed by atoms with van der Waals surface area (Å²) in [5.41, 5.74) is 0.478. The Labute approximate surface area is 106 Å². The molecule has 0 radical (unpaired) electrons. The SMILES string of the molecule is CCc1ccc(CNC(C)(C)CC(C)(C)C)o1. The van der Waals surface area contributed by atoms with Crippen LogP contribution in [0, 0.1) is 5.41 Å². The first-order valence-corrected chi connectivity index (χ1v) is 6.54. The van der Waals surface area contributed by atoms with E-state index in [2.05, 4.69) is 59.0 Å². The second-order valence-electron chi connectivity index (χ2n) is 6.70. The van der Waals surface area contributed by atoms with Crippen molar-refractivity contribution >= 4 is 0 Å². The number of furan rings is 1. The van der Waals surface area contributed by atoms with Gasteiger partial charge in [-0.15, -0.1) is 0 Å². The van der Waals surface area contributed by atoms with Crippen molar-refractivity contribution < 1.29 is 4.42 Å². The summed E-state index contributed by atoms with van der Waals surface area (Å²) in [7, 11) is 0. The lowest BCUT2D eigenvalue weighted by molar-refractivity contribution is 0.235. The average Bonchev–Trinajstić information content (AvgIpc) is 2.58.